The van der Waals surface area contributed by atoms with Gasteiger partial charge in [0.1, 0.15) is 6.33 Å². The molecule has 5 heterocycles. The average Bonchev–Trinajstić information content (AvgIpc) is 3.26. The van der Waals surface area contributed by atoms with E-state index in [0.717, 1.165) is 51.1 Å². The van der Waals surface area contributed by atoms with Gasteiger partial charge in [0.2, 0.25) is 5.95 Å². The molecule has 1 saturated carbocycles. The normalized spacial score (nSPS) is 21.2. The molecule has 0 saturated heterocycles. The predicted molar refractivity (Wildman–Crippen MR) is 149 cm³/mol. The predicted octanol–water partition coefficient (Wildman–Crippen LogP) is 5.18. The summed E-state index contributed by atoms with van der Waals surface area (Å²) in [5.41, 5.74) is 6.95. The van der Waals surface area contributed by atoms with Crippen molar-refractivity contribution in [2.75, 3.05) is 0 Å². The van der Waals surface area contributed by atoms with Crippen LogP contribution in [-0.4, -0.2) is 40.3 Å². The molecule has 11 heteroatoms. The molecular formula is C29H22ClFN8O. The van der Waals surface area contributed by atoms with E-state index in [0.29, 0.717) is 22.7 Å². The Labute approximate surface area is 232 Å². The number of allylic oxidation sites excluding steroid dienone is 1. The van der Waals surface area contributed by atoms with Gasteiger partial charge in [-0.25, -0.2) is 4.99 Å². The Balaban J connectivity index is 1.16. The molecule has 0 amide bonds. The van der Waals surface area contributed by atoms with Crippen LogP contribution in [0.2, 0.25) is 5.02 Å². The molecule has 0 N–H and O–H groups in total. The van der Waals surface area contributed by atoms with Crippen molar-refractivity contribution in [2.45, 2.75) is 31.7 Å². The van der Waals surface area contributed by atoms with Gasteiger partial charge in [-0.3, -0.25) is 9.48 Å². The van der Waals surface area contributed by atoms with Crippen molar-refractivity contribution in [2.24, 2.45) is 18.0 Å². The number of pyridine rings is 1. The van der Waals surface area contributed by atoms with Gasteiger partial charge in [0.25, 0.3) is 5.56 Å². The van der Waals surface area contributed by atoms with E-state index < -0.39 is 5.95 Å². The van der Waals surface area contributed by atoms with Crippen LogP contribution in [-0.2, 0) is 7.05 Å². The maximum atomic E-state index is 15.4. The van der Waals surface area contributed by atoms with Crippen LogP contribution in [0.5, 0.6) is 0 Å². The van der Waals surface area contributed by atoms with Crippen molar-refractivity contribution in [3.8, 4) is 16.8 Å². The molecule has 0 bridgehead atoms. The van der Waals surface area contributed by atoms with E-state index in [2.05, 4.69) is 25.6 Å². The Morgan fingerprint density at radius 1 is 1.07 bits per heavy atom. The summed E-state index contributed by atoms with van der Waals surface area (Å²) in [5, 5.41) is 17.6. The molecule has 1 aliphatic carbocycles. The van der Waals surface area contributed by atoms with Gasteiger partial charge in [-0.2, -0.15) is 14.2 Å². The van der Waals surface area contributed by atoms with E-state index in [1.165, 1.54) is 6.33 Å². The largest absolute Gasteiger partial charge is 0.303 e. The lowest BCUT2D eigenvalue weighted by Crippen LogP contribution is -2.29. The molecule has 0 spiro atoms. The van der Waals surface area contributed by atoms with E-state index in [9.17, 15) is 4.79 Å². The molecule has 5 aromatic rings. The van der Waals surface area contributed by atoms with Gasteiger partial charge in [0.05, 0.1) is 22.9 Å². The number of aryl methyl sites for hydroxylation is 2. The van der Waals surface area contributed by atoms with Crippen molar-refractivity contribution in [3.05, 3.63) is 93.1 Å². The molecule has 198 valence electrons. The highest BCUT2D eigenvalue weighted by Crippen LogP contribution is 2.60. The van der Waals surface area contributed by atoms with Gasteiger partial charge in [-0.15, -0.1) is 5.10 Å². The maximum absolute atomic E-state index is 15.4. The highest BCUT2D eigenvalue weighted by atomic mass is 35.5. The van der Waals surface area contributed by atoms with Gasteiger partial charge < -0.3 is 4.57 Å². The van der Waals surface area contributed by atoms with E-state index in [1.54, 1.807) is 16.8 Å². The molecule has 8 rings (SSSR count). The molecule has 40 heavy (non-hydrogen) atoms. The molecule has 9 nitrogen and oxygen atoms in total. The first-order valence-corrected chi connectivity index (χ1v) is 13.4. The minimum Gasteiger partial charge on any atom is -0.303 e. The zero-order valence-electron chi connectivity index (χ0n) is 21.6. The van der Waals surface area contributed by atoms with Crippen molar-refractivity contribution < 1.29 is 4.39 Å². The number of aromatic nitrogens is 7. The first-order valence-electron chi connectivity index (χ1n) is 13.1. The molecule has 3 unspecified atom stereocenters. The fraction of sp³-hybridized carbons (Fsp3) is 0.241. The third-order valence-corrected chi connectivity index (χ3v) is 8.68. The Morgan fingerprint density at radius 3 is 2.77 bits per heavy atom. The zero-order valence-corrected chi connectivity index (χ0v) is 22.3. The number of fused-ring (bicyclic) bond motifs is 4. The fourth-order valence-electron chi connectivity index (χ4n) is 6.55. The fourth-order valence-corrected chi connectivity index (χ4v) is 6.72. The number of tetrazole rings is 1. The first kappa shape index (κ1) is 23.4. The Morgan fingerprint density at radius 2 is 1.95 bits per heavy atom. The van der Waals surface area contributed by atoms with Crippen LogP contribution in [0.25, 0.3) is 33.3 Å². The van der Waals surface area contributed by atoms with Crippen LogP contribution < -0.4 is 5.56 Å². The number of rotatable bonds is 4. The second kappa shape index (κ2) is 8.28. The molecular weight excluding hydrogens is 531 g/mol. The lowest BCUT2D eigenvalue weighted by Gasteiger charge is -2.20. The Bertz CT molecular complexity index is 2000. The average molecular weight is 553 g/mol. The van der Waals surface area contributed by atoms with Gasteiger partial charge >= 0.3 is 0 Å². The van der Waals surface area contributed by atoms with E-state index in [4.69, 9.17) is 11.6 Å². The summed E-state index contributed by atoms with van der Waals surface area (Å²) in [7, 11) is 1.89. The quantitative estimate of drug-likeness (QED) is 0.286. The number of halogens is 2. The monoisotopic (exact) mass is 552 g/mol. The number of aliphatic imine (C=N–C) groups is 1. The summed E-state index contributed by atoms with van der Waals surface area (Å²) in [6.07, 6.45) is 2.82. The van der Waals surface area contributed by atoms with Crippen molar-refractivity contribution in [3.63, 3.8) is 0 Å². The molecule has 3 aromatic heterocycles. The minimum absolute atomic E-state index is 0.143. The van der Waals surface area contributed by atoms with Crippen molar-refractivity contribution >= 4 is 33.8 Å². The highest BCUT2D eigenvalue weighted by molar-refractivity contribution is 6.31. The summed E-state index contributed by atoms with van der Waals surface area (Å²) in [6.45, 7) is 1.96. The number of hydrogen-bond acceptors (Lipinski definition) is 6. The van der Waals surface area contributed by atoms with Crippen LogP contribution in [0.15, 0.2) is 70.6 Å². The van der Waals surface area contributed by atoms with Crippen LogP contribution in [0.3, 0.4) is 0 Å². The molecule has 0 radical (unpaired) electrons. The van der Waals surface area contributed by atoms with Crippen LogP contribution >= 0.6 is 11.6 Å². The summed E-state index contributed by atoms with van der Waals surface area (Å²) in [6, 6.07) is 14.7. The van der Waals surface area contributed by atoms with Gasteiger partial charge in [-0.05, 0) is 71.1 Å². The van der Waals surface area contributed by atoms with Crippen LogP contribution in [0.4, 0.5) is 4.39 Å². The molecule has 2 aliphatic heterocycles. The Hall–Kier alpha value is -4.44. The summed E-state index contributed by atoms with van der Waals surface area (Å²) < 4.78 is 20.5. The van der Waals surface area contributed by atoms with Crippen molar-refractivity contribution in [1.29, 1.82) is 0 Å². The first-order chi connectivity index (χ1) is 19.4. The third kappa shape index (κ3) is 3.38. The summed E-state index contributed by atoms with van der Waals surface area (Å²) in [5.74, 6) is -0.0140. The standard InChI is InChI=1S/C29H22ClFN8O/c1-14-18-5-3-15(7-25(18)37(2)34-14)20-12-23(33-29(20)31)28-22-11-21(22)26-8-16(9-27(40)39(26)28)19-10-17(30)4-6-24(19)38-13-32-35-36-38/h3-10,13,21-22,28H,11-12H2,1-2H3. The highest BCUT2D eigenvalue weighted by Gasteiger charge is 2.55. The smallest absolute Gasteiger partial charge is 0.251 e. The van der Waals surface area contributed by atoms with Gasteiger partial charge in [0, 0.05) is 58.4 Å². The maximum Gasteiger partial charge on any atom is 0.251 e. The van der Waals surface area contributed by atoms with E-state index in [-0.39, 0.29) is 23.4 Å². The molecule has 3 aliphatic rings. The third-order valence-electron chi connectivity index (χ3n) is 8.44. The zero-order chi connectivity index (χ0) is 27.3. The van der Waals surface area contributed by atoms with E-state index in [1.807, 2.05) is 59.6 Å². The van der Waals surface area contributed by atoms with E-state index >= 15 is 4.39 Å². The van der Waals surface area contributed by atoms with Crippen molar-refractivity contribution in [1.82, 2.24) is 34.6 Å². The van der Waals surface area contributed by atoms with Gasteiger partial charge in [0.15, 0.2) is 0 Å². The topological polar surface area (TPSA) is 95.8 Å². The SMILES string of the molecule is Cc1nn(C)c2cc(C3=C(F)N=C(C4C5CC5c5cc(-c6cc(Cl)ccc6-n6cnnn6)cc(=O)n54)C3)ccc12. The minimum atomic E-state index is -0.478. The summed E-state index contributed by atoms with van der Waals surface area (Å²) in [4.78, 5) is 18.0. The number of hydrogen-bond donors (Lipinski definition) is 0. The molecule has 3 atom stereocenters. The molecule has 2 aromatic carbocycles. The second-order valence-corrected chi connectivity index (χ2v) is 11.2. The second-order valence-electron chi connectivity index (χ2n) is 10.7. The van der Waals surface area contributed by atoms with Crippen LogP contribution in [0.1, 0.15) is 41.8 Å². The Kier molecular flexibility index (Phi) is 4.85. The number of benzene rings is 2. The van der Waals surface area contributed by atoms with Gasteiger partial charge in [-0.1, -0.05) is 23.7 Å². The summed E-state index contributed by atoms with van der Waals surface area (Å²) >= 11 is 6.35. The lowest BCUT2D eigenvalue weighted by molar-refractivity contribution is 0.579. The van der Waals surface area contributed by atoms with Crippen LogP contribution in [0, 0.1) is 12.8 Å². The number of nitrogens with zero attached hydrogens (tertiary/aromatic N) is 8. The lowest BCUT2D eigenvalue weighted by atomic mass is 9.97. The molecule has 1 fully saturated rings.